The summed E-state index contributed by atoms with van der Waals surface area (Å²) in [6, 6.07) is 9.03. The molecule has 8 heteroatoms. The van der Waals surface area contributed by atoms with Crippen LogP contribution in [-0.4, -0.2) is 55.8 Å². The van der Waals surface area contributed by atoms with Crippen molar-refractivity contribution < 1.29 is 33.7 Å². The standard InChI is InChI=1S/C28H35NO7/c1-27(2)16-20(17-28(3,4)29(27)31)26(30)36-22-13-18(11-12-21(22)32-5)9-10-19-14-23(33-6)25(35-8)24(15-19)34-7/h9-16,31H,17H2,1-8H3/b10-9-. The quantitative estimate of drug-likeness (QED) is 0.296. The van der Waals surface area contributed by atoms with Crippen molar-refractivity contribution in [2.45, 2.75) is 45.2 Å². The maximum atomic E-state index is 13.1. The van der Waals surface area contributed by atoms with E-state index in [4.69, 9.17) is 23.7 Å². The van der Waals surface area contributed by atoms with Crippen LogP contribution in [-0.2, 0) is 4.79 Å². The molecule has 0 amide bonds. The number of hydrogen-bond donors (Lipinski definition) is 1. The smallest absolute Gasteiger partial charge is 0.339 e. The molecule has 0 saturated carbocycles. The molecule has 1 aliphatic heterocycles. The van der Waals surface area contributed by atoms with Gasteiger partial charge in [0.1, 0.15) is 0 Å². The molecule has 0 spiro atoms. The second-order valence-corrected chi connectivity index (χ2v) is 9.72. The van der Waals surface area contributed by atoms with Crippen LogP contribution in [0, 0.1) is 0 Å². The zero-order valence-corrected chi connectivity index (χ0v) is 22.2. The van der Waals surface area contributed by atoms with E-state index in [0.29, 0.717) is 40.7 Å². The van der Waals surface area contributed by atoms with Crippen LogP contribution in [0.4, 0.5) is 0 Å². The minimum absolute atomic E-state index is 0.303. The number of rotatable bonds is 8. The molecule has 0 saturated heterocycles. The fourth-order valence-corrected chi connectivity index (χ4v) is 4.42. The van der Waals surface area contributed by atoms with Crippen molar-refractivity contribution in [3.8, 4) is 28.7 Å². The molecular formula is C28H35NO7. The average Bonchev–Trinajstić information content (AvgIpc) is 2.84. The van der Waals surface area contributed by atoms with Crippen molar-refractivity contribution in [2.24, 2.45) is 0 Å². The Balaban J connectivity index is 1.89. The van der Waals surface area contributed by atoms with E-state index in [-0.39, 0.29) is 0 Å². The van der Waals surface area contributed by atoms with Crippen molar-refractivity contribution >= 4 is 18.1 Å². The van der Waals surface area contributed by atoms with E-state index in [1.54, 1.807) is 39.5 Å². The zero-order valence-electron chi connectivity index (χ0n) is 22.2. The van der Waals surface area contributed by atoms with Gasteiger partial charge in [0, 0.05) is 11.1 Å². The van der Waals surface area contributed by atoms with Crippen LogP contribution in [0.1, 0.15) is 45.2 Å². The molecule has 0 fully saturated rings. The van der Waals surface area contributed by atoms with Crippen molar-refractivity contribution in [1.82, 2.24) is 5.06 Å². The van der Waals surface area contributed by atoms with Gasteiger partial charge in [-0.05, 0) is 69.5 Å². The number of hydroxylamine groups is 2. The van der Waals surface area contributed by atoms with Gasteiger partial charge in [-0.25, -0.2) is 4.79 Å². The number of hydrogen-bond acceptors (Lipinski definition) is 8. The van der Waals surface area contributed by atoms with Gasteiger partial charge >= 0.3 is 5.97 Å². The van der Waals surface area contributed by atoms with Gasteiger partial charge < -0.3 is 28.9 Å². The molecule has 0 bridgehead atoms. The molecule has 0 unspecified atom stereocenters. The molecular weight excluding hydrogens is 462 g/mol. The number of esters is 1. The van der Waals surface area contributed by atoms with Gasteiger partial charge in [0.05, 0.1) is 34.0 Å². The highest BCUT2D eigenvalue weighted by Crippen LogP contribution is 2.39. The van der Waals surface area contributed by atoms with E-state index in [1.807, 2.05) is 58.0 Å². The molecule has 36 heavy (non-hydrogen) atoms. The number of benzene rings is 2. The predicted molar refractivity (Wildman–Crippen MR) is 138 cm³/mol. The number of nitrogens with zero attached hydrogens (tertiary/aromatic N) is 1. The largest absolute Gasteiger partial charge is 0.493 e. The highest BCUT2D eigenvalue weighted by Gasteiger charge is 2.42. The topological polar surface area (TPSA) is 86.7 Å². The fourth-order valence-electron chi connectivity index (χ4n) is 4.42. The summed E-state index contributed by atoms with van der Waals surface area (Å²) in [5, 5.41) is 11.8. The van der Waals surface area contributed by atoms with Gasteiger partial charge in [0.25, 0.3) is 0 Å². The van der Waals surface area contributed by atoms with Crippen LogP contribution in [0.15, 0.2) is 42.0 Å². The fraction of sp³-hybridized carbons (Fsp3) is 0.393. The molecule has 194 valence electrons. The Bertz CT molecular complexity index is 1160. The van der Waals surface area contributed by atoms with Crippen LogP contribution >= 0.6 is 0 Å². The highest BCUT2D eigenvalue weighted by molar-refractivity contribution is 5.91. The summed E-state index contributed by atoms with van der Waals surface area (Å²) in [6.07, 6.45) is 5.85. The molecule has 0 aromatic heterocycles. The first-order valence-electron chi connectivity index (χ1n) is 11.5. The van der Waals surface area contributed by atoms with Gasteiger partial charge in [-0.1, -0.05) is 24.3 Å². The Morgan fingerprint density at radius 1 is 0.833 bits per heavy atom. The number of ether oxygens (including phenoxy) is 5. The zero-order chi connectivity index (χ0) is 26.7. The summed E-state index contributed by atoms with van der Waals surface area (Å²) in [7, 11) is 6.21. The summed E-state index contributed by atoms with van der Waals surface area (Å²) in [6.45, 7) is 7.45. The van der Waals surface area contributed by atoms with Gasteiger partial charge in [-0.15, -0.1) is 0 Å². The first kappa shape index (κ1) is 27.1. The second-order valence-electron chi connectivity index (χ2n) is 9.72. The monoisotopic (exact) mass is 497 g/mol. The predicted octanol–water partition coefficient (Wildman–Crippen LogP) is 5.38. The van der Waals surface area contributed by atoms with Crippen LogP contribution in [0.3, 0.4) is 0 Å². The second kappa shape index (κ2) is 10.6. The average molecular weight is 498 g/mol. The minimum atomic E-state index is -0.717. The number of carbonyl (C=O) groups excluding carboxylic acids is 1. The molecule has 2 aromatic rings. The molecule has 1 aliphatic rings. The van der Waals surface area contributed by atoms with Crippen LogP contribution in [0.25, 0.3) is 12.2 Å². The lowest BCUT2D eigenvalue weighted by atomic mass is 9.83. The van der Waals surface area contributed by atoms with Crippen molar-refractivity contribution in [2.75, 3.05) is 28.4 Å². The Kier molecular flexibility index (Phi) is 8.01. The maximum absolute atomic E-state index is 13.1. The molecule has 0 atom stereocenters. The lowest BCUT2D eigenvalue weighted by molar-refractivity contribution is -0.214. The number of methoxy groups -OCH3 is 4. The number of carbonyl (C=O) groups is 1. The van der Waals surface area contributed by atoms with E-state index >= 15 is 0 Å². The first-order valence-corrected chi connectivity index (χ1v) is 11.5. The van der Waals surface area contributed by atoms with E-state index < -0.39 is 17.0 Å². The third kappa shape index (κ3) is 5.66. The summed E-state index contributed by atoms with van der Waals surface area (Å²) in [5.74, 6) is 1.88. The van der Waals surface area contributed by atoms with E-state index in [1.165, 1.54) is 12.2 Å². The van der Waals surface area contributed by atoms with E-state index in [9.17, 15) is 10.0 Å². The Morgan fingerprint density at radius 2 is 1.39 bits per heavy atom. The Labute approximate surface area is 212 Å². The lowest BCUT2D eigenvalue weighted by Gasteiger charge is -2.46. The highest BCUT2D eigenvalue weighted by atomic mass is 16.6. The Morgan fingerprint density at radius 3 is 1.92 bits per heavy atom. The molecule has 8 nitrogen and oxygen atoms in total. The van der Waals surface area contributed by atoms with E-state index in [0.717, 1.165) is 11.1 Å². The first-order chi connectivity index (χ1) is 16.9. The summed E-state index contributed by atoms with van der Waals surface area (Å²) in [4.78, 5) is 13.1. The van der Waals surface area contributed by atoms with Crippen LogP contribution in [0.5, 0.6) is 28.7 Å². The van der Waals surface area contributed by atoms with Gasteiger partial charge in [0.15, 0.2) is 23.0 Å². The molecule has 1 heterocycles. The summed E-state index contributed by atoms with van der Waals surface area (Å²) >= 11 is 0. The molecule has 3 rings (SSSR count). The van der Waals surface area contributed by atoms with Crippen molar-refractivity contribution in [1.29, 1.82) is 0 Å². The Hall–Kier alpha value is -3.49. The van der Waals surface area contributed by atoms with Crippen molar-refractivity contribution in [3.63, 3.8) is 0 Å². The van der Waals surface area contributed by atoms with Gasteiger partial charge in [-0.3, -0.25) is 0 Å². The lowest BCUT2D eigenvalue weighted by Crippen LogP contribution is -2.56. The summed E-state index contributed by atoms with van der Waals surface area (Å²) in [5.41, 5.74) is 0.791. The van der Waals surface area contributed by atoms with Gasteiger partial charge in [-0.2, -0.15) is 5.06 Å². The molecule has 0 radical (unpaired) electrons. The molecule has 2 aromatic carbocycles. The maximum Gasteiger partial charge on any atom is 0.339 e. The van der Waals surface area contributed by atoms with Crippen molar-refractivity contribution in [3.05, 3.63) is 53.1 Å². The van der Waals surface area contributed by atoms with E-state index in [2.05, 4.69) is 0 Å². The molecule has 1 N–H and O–H groups in total. The van der Waals surface area contributed by atoms with Crippen LogP contribution in [0.2, 0.25) is 0 Å². The van der Waals surface area contributed by atoms with Crippen LogP contribution < -0.4 is 23.7 Å². The summed E-state index contributed by atoms with van der Waals surface area (Å²) < 4.78 is 27.4. The minimum Gasteiger partial charge on any atom is -0.493 e. The molecule has 0 aliphatic carbocycles. The normalized spacial score (nSPS) is 16.9. The third-order valence-electron chi connectivity index (χ3n) is 6.08. The SMILES string of the molecule is COc1ccc(/C=C\c2cc(OC)c(OC)c(OC)c2)cc1OC(=O)C1=CC(C)(C)N(O)C(C)(C)C1. The van der Waals surface area contributed by atoms with Gasteiger partial charge in [0.2, 0.25) is 5.75 Å². The third-order valence-corrected chi connectivity index (χ3v) is 6.08.